The molecule has 0 bridgehead atoms. The number of hydrogen-bond donors (Lipinski definition) is 1. The van der Waals surface area contributed by atoms with E-state index in [-0.39, 0.29) is 22.8 Å². The molecule has 1 heterocycles. The van der Waals surface area contributed by atoms with Gasteiger partial charge in [0.15, 0.2) is 0 Å². The molecule has 2 aromatic carbocycles. The Balaban J connectivity index is 1.77. The summed E-state index contributed by atoms with van der Waals surface area (Å²) in [5.74, 6) is -0.850. The molecule has 1 atom stereocenters. The SMILES string of the molecule is O=C(c1ccc(F)cc1)N1CCCC[C@H](Sc2ccc(O)cc2)C1=O. The second kappa shape index (κ2) is 7.70. The average Bonchev–Trinajstić information content (AvgIpc) is 2.79. The van der Waals surface area contributed by atoms with Gasteiger partial charge in [-0.2, -0.15) is 0 Å². The fourth-order valence-corrected chi connectivity index (χ4v) is 3.89. The molecular weight excluding hydrogens is 341 g/mol. The Bertz CT molecular complexity index is 761. The molecule has 0 aromatic heterocycles. The Kier molecular flexibility index (Phi) is 5.38. The second-order valence-electron chi connectivity index (χ2n) is 5.90. The van der Waals surface area contributed by atoms with Crippen LogP contribution >= 0.6 is 11.8 Å². The van der Waals surface area contributed by atoms with Crippen molar-refractivity contribution in [2.75, 3.05) is 6.54 Å². The molecule has 1 aliphatic heterocycles. The summed E-state index contributed by atoms with van der Waals surface area (Å²) in [6, 6.07) is 11.9. The van der Waals surface area contributed by atoms with Gasteiger partial charge in [0.1, 0.15) is 11.6 Å². The largest absolute Gasteiger partial charge is 0.508 e. The fraction of sp³-hybridized carbons (Fsp3) is 0.263. The van der Waals surface area contributed by atoms with Crippen molar-refractivity contribution >= 4 is 23.6 Å². The van der Waals surface area contributed by atoms with E-state index >= 15 is 0 Å². The maximum absolute atomic E-state index is 13.1. The Hall–Kier alpha value is -2.34. The van der Waals surface area contributed by atoms with Crippen LogP contribution in [0.4, 0.5) is 4.39 Å². The first kappa shape index (κ1) is 17.5. The molecule has 0 aliphatic carbocycles. The highest BCUT2D eigenvalue weighted by molar-refractivity contribution is 8.00. The standard InChI is InChI=1S/C19H18FNO3S/c20-14-6-4-13(5-7-14)18(23)21-12-2-1-3-17(19(21)24)25-16-10-8-15(22)9-11-16/h4-11,17,22H,1-3,12H2/t17-/m0/s1. The Morgan fingerprint density at radius 3 is 2.44 bits per heavy atom. The number of likely N-dealkylation sites (tertiary alicyclic amines) is 1. The Labute approximate surface area is 149 Å². The normalized spacial score (nSPS) is 18.0. The number of thioether (sulfide) groups is 1. The van der Waals surface area contributed by atoms with E-state index in [0.29, 0.717) is 18.5 Å². The van der Waals surface area contributed by atoms with Gasteiger partial charge in [-0.05, 0) is 61.4 Å². The molecule has 2 aromatic rings. The zero-order valence-corrected chi connectivity index (χ0v) is 14.3. The number of hydrogen-bond acceptors (Lipinski definition) is 4. The molecule has 25 heavy (non-hydrogen) atoms. The third kappa shape index (κ3) is 4.20. The Morgan fingerprint density at radius 1 is 1.08 bits per heavy atom. The third-order valence-corrected chi connectivity index (χ3v) is 5.36. The maximum atomic E-state index is 13.1. The van der Waals surface area contributed by atoms with Crippen LogP contribution in [0.2, 0.25) is 0 Å². The van der Waals surface area contributed by atoms with Crippen molar-refractivity contribution in [1.82, 2.24) is 4.90 Å². The monoisotopic (exact) mass is 359 g/mol. The van der Waals surface area contributed by atoms with E-state index in [1.54, 1.807) is 24.3 Å². The van der Waals surface area contributed by atoms with Crippen molar-refractivity contribution in [3.05, 3.63) is 59.9 Å². The van der Waals surface area contributed by atoms with E-state index in [9.17, 15) is 19.1 Å². The molecule has 6 heteroatoms. The molecule has 1 saturated heterocycles. The topological polar surface area (TPSA) is 57.6 Å². The number of phenolic OH excluding ortho intramolecular Hbond substituents is 1. The van der Waals surface area contributed by atoms with E-state index in [1.165, 1.54) is 40.9 Å². The maximum Gasteiger partial charge on any atom is 0.260 e. The first-order valence-electron chi connectivity index (χ1n) is 8.11. The molecule has 3 rings (SSSR count). The Morgan fingerprint density at radius 2 is 1.76 bits per heavy atom. The van der Waals surface area contributed by atoms with Crippen molar-refractivity contribution in [2.24, 2.45) is 0 Å². The van der Waals surface area contributed by atoms with Crippen molar-refractivity contribution in [3.63, 3.8) is 0 Å². The minimum atomic E-state index is -0.417. The van der Waals surface area contributed by atoms with E-state index in [2.05, 4.69) is 0 Å². The van der Waals surface area contributed by atoms with Crippen LogP contribution in [0, 0.1) is 5.82 Å². The summed E-state index contributed by atoms with van der Waals surface area (Å²) >= 11 is 1.40. The van der Waals surface area contributed by atoms with Crippen LogP contribution in [0.25, 0.3) is 0 Å². The summed E-state index contributed by atoms with van der Waals surface area (Å²) in [5.41, 5.74) is 0.310. The van der Waals surface area contributed by atoms with Crippen LogP contribution in [-0.4, -0.2) is 33.6 Å². The summed E-state index contributed by atoms with van der Waals surface area (Å²) in [7, 11) is 0. The highest BCUT2D eigenvalue weighted by Crippen LogP contribution is 2.31. The third-order valence-electron chi connectivity index (χ3n) is 4.09. The first-order valence-corrected chi connectivity index (χ1v) is 8.99. The van der Waals surface area contributed by atoms with Crippen LogP contribution in [0.1, 0.15) is 29.6 Å². The van der Waals surface area contributed by atoms with Gasteiger partial charge in [0.2, 0.25) is 5.91 Å². The highest BCUT2D eigenvalue weighted by atomic mass is 32.2. The summed E-state index contributed by atoms with van der Waals surface area (Å²) in [6.45, 7) is 0.377. The average molecular weight is 359 g/mol. The van der Waals surface area contributed by atoms with Crippen LogP contribution in [0.5, 0.6) is 5.75 Å². The van der Waals surface area contributed by atoms with Gasteiger partial charge < -0.3 is 5.11 Å². The smallest absolute Gasteiger partial charge is 0.260 e. The highest BCUT2D eigenvalue weighted by Gasteiger charge is 2.32. The quantitative estimate of drug-likeness (QED) is 0.846. The van der Waals surface area contributed by atoms with Gasteiger partial charge in [-0.15, -0.1) is 11.8 Å². The number of halogens is 1. The second-order valence-corrected chi connectivity index (χ2v) is 7.17. The number of phenols is 1. The van der Waals surface area contributed by atoms with Gasteiger partial charge in [-0.3, -0.25) is 14.5 Å². The molecule has 130 valence electrons. The lowest BCUT2D eigenvalue weighted by molar-refractivity contribution is -0.127. The number of imide groups is 1. The number of carbonyl (C=O) groups is 2. The zero-order chi connectivity index (χ0) is 17.8. The lowest BCUT2D eigenvalue weighted by Crippen LogP contribution is -2.41. The molecule has 0 spiro atoms. The van der Waals surface area contributed by atoms with Crippen molar-refractivity contribution < 1.29 is 19.1 Å². The molecule has 1 fully saturated rings. The lowest BCUT2D eigenvalue weighted by atomic mass is 10.2. The number of amides is 2. The van der Waals surface area contributed by atoms with Gasteiger partial charge in [0.25, 0.3) is 5.91 Å². The van der Waals surface area contributed by atoms with Gasteiger partial charge in [0.05, 0.1) is 5.25 Å². The first-order chi connectivity index (χ1) is 12.0. The molecule has 0 unspecified atom stereocenters. The molecule has 4 nitrogen and oxygen atoms in total. The summed E-state index contributed by atoms with van der Waals surface area (Å²) in [6.07, 6.45) is 2.30. The molecular formula is C19H18FNO3S. The van der Waals surface area contributed by atoms with Crippen LogP contribution < -0.4 is 0 Å². The molecule has 1 aliphatic rings. The number of nitrogens with zero attached hydrogens (tertiary/aromatic N) is 1. The molecule has 2 amide bonds. The van der Waals surface area contributed by atoms with Gasteiger partial charge in [-0.25, -0.2) is 4.39 Å². The van der Waals surface area contributed by atoms with Crippen molar-refractivity contribution in [3.8, 4) is 5.75 Å². The van der Waals surface area contributed by atoms with Crippen molar-refractivity contribution in [2.45, 2.75) is 29.4 Å². The predicted molar refractivity (Wildman–Crippen MR) is 94.0 cm³/mol. The minimum Gasteiger partial charge on any atom is -0.508 e. The zero-order valence-electron chi connectivity index (χ0n) is 13.5. The molecule has 0 radical (unpaired) electrons. The van der Waals surface area contributed by atoms with E-state index < -0.39 is 5.82 Å². The van der Waals surface area contributed by atoms with Gasteiger partial charge >= 0.3 is 0 Å². The van der Waals surface area contributed by atoms with Gasteiger partial charge in [-0.1, -0.05) is 6.42 Å². The number of benzene rings is 2. The molecule has 0 saturated carbocycles. The van der Waals surface area contributed by atoms with E-state index in [1.807, 2.05) is 0 Å². The van der Waals surface area contributed by atoms with E-state index in [0.717, 1.165) is 17.7 Å². The van der Waals surface area contributed by atoms with E-state index in [4.69, 9.17) is 0 Å². The number of aromatic hydroxyl groups is 1. The summed E-state index contributed by atoms with van der Waals surface area (Å²) < 4.78 is 13.1. The van der Waals surface area contributed by atoms with Crippen LogP contribution in [0.3, 0.4) is 0 Å². The summed E-state index contributed by atoms with van der Waals surface area (Å²) in [4.78, 5) is 27.7. The predicted octanol–water partition coefficient (Wildman–Crippen LogP) is 3.84. The summed E-state index contributed by atoms with van der Waals surface area (Å²) in [5, 5.41) is 9.01. The lowest BCUT2D eigenvalue weighted by Gasteiger charge is -2.22. The number of carbonyl (C=O) groups excluding carboxylic acids is 2. The van der Waals surface area contributed by atoms with Crippen LogP contribution in [-0.2, 0) is 4.79 Å². The minimum absolute atomic E-state index is 0.171. The van der Waals surface area contributed by atoms with Gasteiger partial charge in [0, 0.05) is 17.0 Å². The number of rotatable bonds is 3. The van der Waals surface area contributed by atoms with Crippen LogP contribution in [0.15, 0.2) is 53.4 Å². The fourth-order valence-electron chi connectivity index (χ4n) is 2.76. The molecule has 1 N–H and O–H groups in total. The van der Waals surface area contributed by atoms with Crippen molar-refractivity contribution in [1.29, 1.82) is 0 Å².